The fourth-order valence-corrected chi connectivity index (χ4v) is 1.13. The fourth-order valence-electron chi connectivity index (χ4n) is 1.13. The Morgan fingerprint density at radius 1 is 1.50 bits per heavy atom. The van der Waals surface area contributed by atoms with Crippen molar-refractivity contribution in [1.82, 2.24) is 10.3 Å². The summed E-state index contributed by atoms with van der Waals surface area (Å²) in [5.74, 6) is -1.27. The number of pyridine rings is 1. The first-order valence-electron chi connectivity index (χ1n) is 4.81. The number of nitrogen functional groups attached to an aromatic ring is 1. The summed E-state index contributed by atoms with van der Waals surface area (Å²) in [6.45, 7) is 0.293. The van der Waals surface area contributed by atoms with Crippen LogP contribution in [0.3, 0.4) is 0 Å². The smallest absolute Gasteiger partial charge is 0.303 e. The standard InChI is InChI=1S/C10H13N3O3/c11-7-3-1-5-12-9(7)10(16)13-6-2-4-8(14)15/h1,3,5H,2,4,6,11H2,(H,13,16)(H,14,15). The highest BCUT2D eigenvalue weighted by molar-refractivity contribution is 5.96. The predicted molar refractivity (Wildman–Crippen MR) is 57.9 cm³/mol. The summed E-state index contributed by atoms with van der Waals surface area (Å²) >= 11 is 0. The molecule has 0 aliphatic rings. The van der Waals surface area contributed by atoms with Crippen LogP contribution in [0.4, 0.5) is 5.69 Å². The largest absolute Gasteiger partial charge is 0.481 e. The van der Waals surface area contributed by atoms with E-state index in [9.17, 15) is 9.59 Å². The van der Waals surface area contributed by atoms with Gasteiger partial charge in [-0.25, -0.2) is 4.98 Å². The van der Waals surface area contributed by atoms with Gasteiger partial charge in [-0.15, -0.1) is 0 Å². The number of anilines is 1. The van der Waals surface area contributed by atoms with Crippen molar-refractivity contribution in [2.45, 2.75) is 12.8 Å². The van der Waals surface area contributed by atoms with Crippen LogP contribution in [-0.4, -0.2) is 28.5 Å². The van der Waals surface area contributed by atoms with Gasteiger partial charge in [0.15, 0.2) is 5.69 Å². The van der Waals surface area contributed by atoms with E-state index in [0.717, 1.165) is 0 Å². The van der Waals surface area contributed by atoms with Crippen LogP contribution in [0.15, 0.2) is 18.3 Å². The molecule has 0 fully saturated rings. The van der Waals surface area contributed by atoms with E-state index in [4.69, 9.17) is 10.8 Å². The van der Waals surface area contributed by atoms with E-state index in [-0.39, 0.29) is 18.0 Å². The maximum Gasteiger partial charge on any atom is 0.303 e. The Morgan fingerprint density at radius 2 is 2.25 bits per heavy atom. The molecule has 1 heterocycles. The molecule has 1 aromatic heterocycles. The van der Waals surface area contributed by atoms with Crippen LogP contribution in [0.5, 0.6) is 0 Å². The van der Waals surface area contributed by atoms with E-state index < -0.39 is 5.97 Å². The zero-order chi connectivity index (χ0) is 12.0. The Labute approximate surface area is 92.5 Å². The van der Waals surface area contributed by atoms with Gasteiger partial charge in [0.2, 0.25) is 0 Å². The van der Waals surface area contributed by atoms with Crippen molar-refractivity contribution in [2.75, 3.05) is 12.3 Å². The van der Waals surface area contributed by atoms with Crippen molar-refractivity contribution in [2.24, 2.45) is 0 Å². The van der Waals surface area contributed by atoms with Gasteiger partial charge in [0, 0.05) is 19.2 Å². The lowest BCUT2D eigenvalue weighted by Gasteiger charge is -2.05. The van der Waals surface area contributed by atoms with Crippen molar-refractivity contribution < 1.29 is 14.7 Å². The SMILES string of the molecule is Nc1cccnc1C(=O)NCCCC(=O)O. The molecule has 0 spiro atoms. The first-order valence-corrected chi connectivity index (χ1v) is 4.81. The third-order valence-corrected chi connectivity index (χ3v) is 1.91. The molecule has 6 heteroatoms. The molecule has 0 aliphatic heterocycles. The van der Waals surface area contributed by atoms with Gasteiger partial charge in [-0.3, -0.25) is 9.59 Å². The highest BCUT2D eigenvalue weighted by Crippen LogP contribution is 2.06. The van der Waals surface area contributed by atoms with Crippen LogP contribution in [0.1, 0.15) is 23.3 Å². The van der Waals surface area contributed by atoms with E-state index >= 15 is 0 Å². The summed E-state index contributed by atoms with van der Waals surface area (Å²) in [5.41, 5.74) is 6.03. The van der Waals surface area contributed by atoms with E-state index in [2.05, 4.69) is 10.3 Å². The fraction of sp³-hybridized carbons (Fsp3) is 0.300. The van der Waals surface area contributed by atoms with Crippen LogP contribution >= 0.6 is 0 Å². The predicted octanol–water partition coefficient (Wildman–Crippen LogP) is 0.258. The quantitative estimate of drug-likeness (QED) is 0.621. The lowest BCUT2D eigenvalue weighted by atomic mass is 10.2. The third-order valence-electron chi connectivity index (χ3n) is 1.91. The Morgan fingerprint density at radius 3 is 2.88 bits per heavy atom. The Bertz CT molecular complexity index is 393. The number of hydrogen-bond acceptors (Lipinski definition) is 4. The topological polar surface area (TPSA) is 105 Å². The second-order valence-corrected chi connectivity index (χ2v) is 3.19. The van der Waals surface area contributed by atoms with Gasteiger partial charge in [-0.1, -0.05) is 0 Å². The maximum absolute atomic E-state index is 11.5. The van der Waals surface area contributed by atoms with E-state index in [1.54, 1.807) is 12.1 Å². The Hall–Kier alpha value is -2.11. The summed E-state index contributed by atoms with van der Waals surface area (Å²) in [6.07, 6.45) is 1.88. The molecule has 0 saturated carbocycles. The van der Waals surface area contributed by atoms with Gasteiger partial charge in [-0.2, -0.15) is 0 Å². The number of carboxylic acids is 1. The van der Waals surface area contributed by atoms with Crippen molar-refractivity contribution in [3.05, 3.63) is 24.0 Å². The van der Waals surface area contributed by atoms with E-state index in [0.29, 0.717) is 18.7 Å². The molecular formula is C10H13N3O3. The zero-order valence-electron chi connectivity index (χ0n) is 8.64. The minimum Gasteiger partial charge on any atom is -0.481 e. The molecule has 1 rings (SSSR count). The molecule has 0 atom stereocenters. The Kier molecular flexibility index (Phi) is 4.26. The van der Waals surface area contributed by atoms with Crippen LogP contribution in [0.2, 0.25) is 0 Å². The molecule has 6 nitrogen and oxygen atoms in total. The van der Waals surface area contributed by atoms with Gasteiger partial charge in [-0.05, 0) is 18.6 Å². The first-order chi connectivity index (χ1) is 7.61. The highest BCUT2D eigenvalue weighted by atomic mass is 16.4. The van der Waals surface area contributed by atoms with Crippen LogP contribution in [0, 0.1) is 0 Å². The number of nitrogens with one attached hydrogen (secondary N) is 1. The molecule has 0 aromatic carbocycles. The second kappa shape index (κ2) is 5.69. The summed E-state index contributed by atoms with van der Waals surface area (Å²) in [5, 5.41) is 10.9. The first kappa shape index (κ1) is 12.0. The molecule has 16 heavy (non-hydrogen) atoms. The number of aliphatic carboxylic acids is 1. The van der Waals surface area contributed by atoms with Crippen molar-refractivity contribution >= 4 is 17.6 Å². The molecule has 86 valence electrons. The van der Waals surface area contributed by atoms with Crippen molar-refractivity contribution in [3.63, 3.8) is 0 Å². The van der Waals surface area contributed by atoms with Crippen molar-refractivity contribution in [1.29, 1.82) is 0 Å². The average molecular weight is 223 g/mol. The molecule has 4 N–H and O–H groups in total. The lowest BCUT2D eigenvalue weighted by Crippen LogP contribution is -2.26. The van der Waals surface area contributed by atoms with E-state index in [1.807, 2.05) is 0 Å². The molecule has 0 aliphatic carbocycles. The summed E-state index contributed by atoms with van der Waals surface area (Å²) in [7, 11) is 0. The number of carbonyl (C=O) groups is 2. The zero-order valence-corrected chi connectivity index (χ0v) is 8.64. The molecule has 1 aromatic rings. The molecular weight excluding hydrogens is 210 g/mol. The number of nitrogens with zero attached hydrogens (tertiary/aromatic N) is 1. The molecule has 0 saturated heterocycles. The molecule has 0 unspecified atom stereocenters. The molecule has 0 bridgehead atoms. The van der Waals surface area contributed by atoms with Gasteiger partial charge in [0.05, 0.1) is 5.69 Å². The number of hydrogen-bond donors (Lipinski definition) is 3. The van der Waals surface area contributed by atoms with Crippen LogP contribution in [0.25, 0.3) is 0 Å². The number of carbonyl (C=O) groups excluding carboxylic acids is 1. The van der Waals surface area contributed by atoms with Crippen LogP contribution in [-0.2, 0) is 4.79 Å². The van der Waals surface area contributed by atoms with Crippen molar-refractivity contribution in [3.8, 4) is 0 Å². The van der Waals surface area contributed by atoms with Gasteiger partial charge in [0.1, 0.15) is 0 Å². The minimum atomic E-state index is -0.883. The van der Waals surface area contributed by atoms with Gasteiger partial charge < -0.3 is 16.2 Å². The summed E-state index contributed by atoms with van der Waals surface area (Å²) in [4.78, 5) is 25.6. The Balaban J connectivity index is 2.41. The lowest BCUT2D eigenvalue weighted by molar-refractivity contribution is -0.137. The normalized spacial score (nSPS) is 9.75. The minimum absolute atomic E-state index is 0.0258. The molecule has 0 radical (unpaired) electrons. The van der Waals surface area contributed by atoms with Gasteiger partial charge in [0.25, 0.3) is 5.91 Å². The number of carboxylic acid groups (broad SMARTS) is 1. The highest BCUT2D eigenvalue weighted by Gasteiger charge is 2.09. The maximum atomic E-state index is 11.5. The number of nitrogens with two attached hydrogens (primary N) is 1. The third kappa shape index (κ3) is 3.56. The number of aromatic nitrogens is 1. The second-order valence-electron chi connectivity index (χ2n) is 3.19. The summed E-state index contributed by atoms with van der Waals surface area (Å²) in [6, 6.07) is 3.22. The average Bonchev–Trinajstić information content (AvgIpc) is 2.24. The monoisotopic (exact) mass is 223 g/mol. The summed E-state index contributed by atoms with van der Waals surface area (Å²) < 4.78 is 0. The molecule has 1 amide bonds. The van der Waals surface area contributed by atoms with Crippen LogP contribution < -0.4 is 11.1 Å². The van der Waals surface area contributed by atoms with Gasteiger partial charge >= 0.3 is 5.97 Å². The number of rotatable bonds is 5. The number of amides is 1. The van der Waals surface area contributed by atoms with E-state index in [1.165, 1.54) is 6.20 Å².